The van der Waals surface area contributed by atoms with E-state index in [1.54, 1.807) is 11.3 Å². The molecular weight excluding hydrogens is 344 g/mol. The molecule has 0 aliphatic carbocycles. The fraction of sp³-hybridized carbons (Fsp3) is 0.200. The van der Waals surface area contributed by atoms with Gasteiger partial charge in [0.25, 0.3) is 5.91 Å². The van der Waals surface area contributed by atoms with Crippen LogP contribution in [-0.4, -0.2) is 20.3 Å². The highest BCUT2D eigenvalue weighted by Gasteiger charge is 2.14. The molecule has 5 nitrogen and oxygen atoms in total. The Morgan fingerprint density at radius 2 is 2.04 bits per heavy atom. The first-order valence-corrected chi connectivity index (χ1v) is 9.33. The van der Waals surface area contributed by atoms with Gasteiger partial charge in [0.2, 0.25) is 0 Å². The molecule has 3 heterocycles. The Hall–Kier alpha value is -2.86. The third-order valence-corrected chi connectivity index (χ3v) is 5.37. The van der Waals surface area contributed by atoms with E-state index in [1.165, 1.54) is 0 Å². The molecule has 0 radical (unpaired) electrons. The molecule has 0 unspecified atom stereocenters. The summed E-state index contributed by atoms with van der Waals surface area (Å²) < 4.78 is 5.03. The van der Waals surface area contributed by atoms with Crippen molar-refractivity contribution < 1.29 is 4.79 Å². The highest BCUT2D eigenvalue weighted by atomic mass is 32.1. The van der Waals surface area contributed by atoms with Gasteiger partial charge in [0.05, 0.1) is 22.5 Å². The van der Waals surface area contributed by atoms with Crippen molar-refractivity contribution in [3.8, 4) is 0 Å². The van der Waals surface area contributed by atoms with Crippen LogP contribution in [0, 0.1) is 13.8 Å². The maximum atomic E-state index is 12.7. The molecule has 1 aromatic carbocycles. The summed E-state index contributed by atoms with van der Waals surface area (Å²) >= 11 is 1.64. The highest BCUT2D eigenvalue weighted by Crippen LogP contribution is 2.25. The molecule has 6 heteroatoms. The van der Waals surface area contributed by atoms with E-state index in [2.05, 4.69) is 16.5 Å². The van der Waals surface area contributed by atoms with Crippen LogP contribution in [0.25, 0.3) is 10.2 Å². The van der Waals surface area contributed by atoms with Crippen LogP contribution in [0.5, 0.6) is 0 Å². The molecule has 132 valence electrons. The smallest absolute Gasteiger partial charge is 0.272 e. The molecule has 0 aliphatic rings. The highest BCUT2D eigenvalue weighted by molar-refractivity contribution is 7.17. The van der Waals surface area contributed by atoms with E-state index >= 15 is 0 Å². The number of aryl methyl sites for hydroxylation is 3. The van der Waals surface area contributed by atoms with Crippen molar-refractivity contribution in [2.24, 2.45) is 7.05 Å². The molecule has 0 aliphatic heterocycles. The zero-order chi connectivity index (χ0) is 18.3. The lowest BCUT2D eigenvalue weighted by Gasteiger charge is -2.09. The van der Waals surface area contributed by atoms with Crippen LogP contribution in [0.2, 0.25) is 0 Å². The summed E-state index contributed by atoms with van der Waals surface area (Å²) in [5, 5.41) is 9.55. The lowest BCUT2D eigenvalue weighted by Crippen LogP contribution is -2.15. The number of hydrogen-bond donors (Lipinski definition) is 1. The predicted octanol–water partition coefficient (Wildman–Crippen LogP) is 4.35. The number of benzene rings is 1. The molecule has 0 saturated carbocycles. The van der Waals surface area contributed by atoms with Gasteiger partial charge in [-0.05, 0) is 55.1 Å². The van der Waals surface area contributed by atoms with Crippen LogP contribution >= 0.6 is 11.3 Å². The van der Waals surface area contributed by atoms with Gasteiger partial charge in [-0.3, -0.25) is 9.48 Å². The summed E-state index contributed by atoms with van der Waals surface area (Å²) in [6.45, 7) is 4.72. The zero-order valence-electron chi connectivity index (χ0n) is 15.0. The molecular formula is C20H20N4OS. The van der Waals surface area contributed by atoms with Crippen molar-refractivity contribution in [3.63, 3.8) is 0 Å². The van der Waals surface area contributed by atoms with Crippen LogP contribution < -0.4 is 5.32 Å². The molecule has 0 atom stereocenters. The van der Waals surface area contributed by atoms with E-state index in [-0.39, 0.29) is 5.91 Å². The predicted molar refractivity (Wildman–Crippen MR) is 106 cm³/mol. The second kappa shape index (κ2) is 6.46. The van der Waals surface area contributed by atoms with Gasteiger partial charge in [-0.2, -0.15) is 5.10 Å². The SMILES string of the molecule is Cc1cc(C)n(Cc2cccc(NC(=O)c3cc4sccc4n3C)c2)n1. The van der Waals surface area contributed by atoms with Gasteiger partial charge in [-0.1, -0.05) is 12.1 Å². The summed E-state index contributed by atoms with van der Waals surface area (Å²) in [7, 11) is 1.92. The Balaban J connectivity index is 1.54. The monoisotopic (exact) mass is 364 g/mol. The standard InChI is InChI=1S/C20H20N4OS/c1-13-9-14(2)24(22-13)12-15-5-4-6-16(10-15)21-20(25)18-11-19-17(23(18)3)7-8-26-19/h4-11H,12H2,1-3H3,(H,21,25). The number of amides is 1. The number of carbonyl (C=O) groups is 1. The molecule has 3 aromatic heterocycles. The van der Waals surface area contributed by atoms with Gasteiger partial charge >= 0.3 is 0 Å². The van der Waals surface area contributed by atoms with Crippen molar-refractivity contribution in [1.29, 1.82) is 0 Å². The molecule has 4 rings (SSSR count). The van der Waals surface area contributed by atoms with E-state index in [4.69, 9.17) is 0 Å². The summed E-state index contributed by atoms with van der Waals surface area (Å²) in [5.41, 5.74) is 5.77. The maximum absolute atomic E-state index is 12.7. The number of fused-ring (bicyclic) bond motifs is 1. The number of hydrogen-bond acceptors (Lipinski definition) is 3. The van der Waals surface area contributed by atoms with Crippen LogP contribution in [0.3, 0.4) is 0 Å². The minimum absolute atomic E-state index is 0.0980. The molecule has 0 bridgehead atoms. The molecule has 0 fully saturated rings. The lowest BCUT2D eigenvalue weighted by atomic mass is 10.2. The largest absolute Gasteiger partial charge is 0.339 e. The normalized spacial score (nSPS) is 11.2. The Kier molecular flexibility index (Phi) is 4.12. The molecule has 4 aromatic rings. The molecule has 1 N–H and O–H groups in total. The van der Waals surface area contributed by atoms with E-state index in [0.29, 0.717) is 12.2 Å². The third-order valence-electron chi connectivity index (χ3n) is 4.52. The first-order valence-electron chi connectivity index (χ1n) is 8.45. The fourth-order valence-electron chi connectivity index (χ4n) is 3.22. The van der Waals surface area contributed by atoms with Crippen LogP contribution in [0.15, 0.2) is 47.8 Å². The van der Waals surface area contributed by atoms with Gasteiger partial charge in [0.1, 0.15) is 5.69 Å². The maximum Gasteiger partial charge on any atom is 0.272 e. The summed E-state index contributed by atoms with van der Waals surface area (Å²) in [6.07, 6.45) is 0. The first-order chi connectivity index (χ1) is 12.5. The summed E-state index contributed by atoms with van der Waals surface area (Å²) in [5.74, 6) is -0.0980. The minimum atomic E-state index is -0.0980. The Labute approximate surface area is 155 Å². The first kappa shape index (κ1) is 16.6. The number of rotatable bonds is 4. The van der Waals surface area contributed by atoms with Gasteiger partial charge < -0.3 is 9.88 Å². The number of thiophene rings is 1. The fourth-order valence-corrected chi connectivity index (χ4v) is 4.07. The van der Waals surface area contributed by atoms with Gasteiger partial charge in [-0.15, -0.1) is 11.3 Å². The second-order valence-electron chi connectivity index (χ2n) is 6.50. The number of carbonyl (C=O) groups excluding carboxylic acids is 1. The zero-order valence-corrected chi connectivity index (χ0v) is 15.8. The second-order valence-corrected chi connectivity index (χ2v) is 7.45. The number of nitrogens with one attached hydrogen (secondary N) is 1. The molecule has 0 saturated heterocycles. The Morgan fingerprint density at radius 1 is 1.19 bits per heavy atom. The van der Waals surface area contributed by atoms with Crippen molar-refractivity contribution >= 4 is 33.1 Å². The van der Waals surface area contributed by atoms with Crippen molar-refractivity contribution in [1.82, 2.24) is 14.3 Å². The van der Waals surface area contributed by atoms with Crippen molar-refractivity contribution in [3.05, 3.63) is 70.5 Å². The number of nitrogens with zero attached hydrogens (tertiary/aromatic N) is 3. The average Bonchev–Trinajstić information content (AvgIpc) is 3.25. The van der Waals surface area contributed by atoms with Gasteiger partial charge in [-0.25, -0.2) is 0 Å². The minimum Gasteiger partial charge on any atom is -0.339 e. The summed E-state index contributed by atoms with van der Waals surface area (Å²) in [6, 6.07) is 14.0. The molecule has 0 spiro atoms. The molecule has 26 heavy (non-hydrogen) atoms. The third kappa shape index (κ3) is 3.04. The van der Waals surface area contributed by atoms with Gasteiger partial charge in [0, 0.05) is 18.4 Å². The van der Waals surface area contributed by atoms with Crippen LogP contribution in [0.4, 0.5) is 5.69 Å². The molecule has 1 amide bonds. The average molecular weight is 364 g/mol. The van der Waals surface area contributed by atoms with E-state index in [9.17, 15) is 4.79 Å². The van der Waals surface area contributed by atoms with Crippen LogP contribution in [0.1, 0.15) is 27.4 Å². The van der Waals surface area contributed by atoms with E-state index < -0.39 is 0 Å². The van der Waals surface area contributed by atoms with Gasteiger partial charge in [0.15, 0.2) is 0 Å². The van der Waals surface area contributed by atoms with E-state index in [0.717, 1.165) is 32.9 Å². The number of aromatic nitrogens is 3. The Morgan fingerprint density at radius 3 is 2.77 bits per heavy atom. The quantitative estimate of drug-likeness (QED) is 0.585. The Bertz CT molecular complexity index is 1100. The topological polar surface area (TPSA) is 51.9 Å². The van der Waals surface area contributed by atoms with Crippen molar-refractivity contribution in [2.75, 3.05) is 5.32 Å². The van der Waals surface area contributed by atoms with Crippen molar-refractivity contribution in [2.45, 2.75) is 20.4 Å². The lowest BCUT2D eigenvalue weighted by molar-refractivity contribution is 0.102. The van der Waals surface area contributed by atoms with E-state index in [1.807, 2.05) is 71.9 Å². The van der Waals surface area contributed by atoms with Crippen LogP contribution in [-0.2, 0) is 13.6 Å². The number of anilines is 1. The summed E-state index contributed by atoms with van der Waals surface area (Å²) in [4.78, 5) is 12.7.